The molecule has 8 heteroatoms. The predicted molar refractivity (Wildman–Crippen MR) is 67.7 cm³/mol. The molecule has 0 unspecified atom stereocenters. The Hall–Kier alpha value is -0.920. The zero-order chi connectivity index (χ0) is 12.9. The fraction of sp³-hybridized carbons (Fsp3) is 0.556. The van der Waals surface area contributed by atoms with Crippen LogP contribution in [0, 0.1) is 6.92 Å². The van der Waals surface area contributed by atoms with Crippen molar-refractivity contribution in [2.45, 2.75) is 13.3 Å². The van der Waals surface area contributed by atoms with Gasteiger partial charge in [-0.15, -0.1) is 0 Å². The largest absolute Gasteiger partial charge is 0.370 e. The van der Waals surface area contributed by atoms with Gasteiger partial charge in [-0.3, -0.25) is 0 Å². The molecular weight excluding hydrogens is 264 g/mol. The quantitative estimate of drug-likeness (QED) is 0.594. The highest BCUT2D eigenvalue weighted by atomic mass is 35.5. The summed E-state index contributed by atoms with van der Waals surface area (Å²) < 4.78 is 24.0. The first kappa shape index (κ1) is 14.1. The first-order valence-electron chi connectivity index (χ1n) is 5.06. The molecule has 0 atom stereocenters. The van der Waals surface area contributed by atoms with Crippen molar-refractivity contribution in [1.29, 1.82) is 0 Å². The van der Waals surface area contributed by atoms with Crippen molar-refractivity contribution in [3.63, 3.8) is 0 Å². The lowest BCUT2D eigenvalue weighted by Gasteiger charge is -2.06. The molecule has 0 aliphatic carbocycles. The van der Waals surface area contributed by atoms with Gasteiger partial charge in [-0.2, -0.15) is 0 Å². The number of sulfonamides is 1. The Morgan fingerprint density at radius 1 is 1.35 bits per heavy atom. The molecule has 0 spiro atoms. The molecule has 1 aromatic heterocycles. The highest BCUT2D eigenvalue weighted by molar-refractivity contribution is 7.88. The maximum Gasteiger partial charge on any atom is 0.224 e. The Balaban J connectivity index is 2.31. The van der Waals surface area contributed by atoms with E-state index in [1.165, 1.54) is 0 Å². The molecule has 0 bridgehead atoms. The molecule has 1 heterocycles. The predicted octanol–water partition coefficient (Wildman–Crippen LogP) is 0.790. The van der Waals surface area contributed by atoms with Gasteiger partial charge < -0.3 is 5.32 Å². The van der Waals surface area contributed by atoms with Gasteiger partial charge in [-0.25, -0.2) is 23.1 Å². The zero-order valence-corrected chi connectivity index (χ0v) is 11.3. The Labute approximate surface area is 106 Å². The molecule has 1 aromatic rings. The van der Waals surface area contributed by atoms with E-state index in [1.54, 1.807) is 6.07 Å². The molecule has 17 heavy (non-hydrogen) atoms. The van der Waals surface area contributed by atoms with Gasteiger partial charge in [-0.1, -0.05) is 0 Å². The molecular formula is C9H15ClN4O2S. The number of anilines is 1. The van der Waals surface area contributed by atoms with Gasteiger partial charge in [0.1, 0.15) is 5.82 Å². The third kappa shape index (κ3) is 6.40. The standard InChI is InChI=1S/C9H15ClN4O2S/c1-7-6-8(14-9(10)13-7)11-4-3-5-12-17(2,15)16/h6,12H,3-5H2,1-2H3,(H,11,13,14). The number of aromatic nitrogens is 2. The second-order valence-corrected chi connectivity index (χ2v) is 5.78. The number of halogens is 1. The average Bonchev–Trinajstić information content (AvgIpc) is 2.13. The fourth-order valence-corrected chi connectivity index (χ4v) is 1.92. The molecule has 0 saturated heterocycles. The minimum atomic E-state index is -3.11. The summed E-state index contributed by atoms with van der Waals surface area (Å²) in [7, 11) is -3.11. The molecule has 1 rings (SSSR count). The Bertz CT molecular complexity index is 458. The van der Waals surface area contributed by atoms with Crippen LogP contribution in [-0.2, 0) is 10.0 Å². The smallest absolute Gasteiger partial charge is 0.224 e. The lowest BCUT2D eigenvalue weighted by molar-refractivity contribution is 0.586. The third-order valence-electron chi connectivity index (χ3n) is 1.85. The van der Waals surface area contributed by atoms with E-state index in [4.69, 9.17) is 11.6 Å². The van der Waals surface area contributed by atoms with Gasteiger partial charge in [-0.05, 0) is 24.9 Å². The molecule has 0 radical (unpaired) electrons. The van der Waals surface area contributed by atoms with Crippen molar-refractivity contribution in [2.75, 3.05) is 24.7 Å². The molecule has 0 amide bonds. The lowest BCUT2D eigenvalue weighted by atomic mass is 10.4. The summed E-state index contributed by atoms with van der Waals surface area (Å²) in [6.07, 6.45) is 1.79. The van der Waals surface area contributed by atoms with Crippen molar-refractivity contribution >= 4 is 27.4 Å². The van der Waals surface area contributed by atoms with E-state index in [-0.39, 0.29) is 5.28 Å². The molecule has 0 saturated carbocycles. The summed E-state index contributed by atoms with van der Waals surface area (Å²) in [5.74, 6) is 0.641. The van der Waals surface area contributed by atoms with E-state index in [9.17, 15) is 8.42 Å². The second-order valence-electron chi connectivity index (χ2n) is 3.61. The number of nitrogens with one attached hydrogen (secondary N) is 2. The van der Waals surface area contributed by atoms with Crippen molar-refractivity contribution in [3.05, 3.63) is 17.0 Å². The molecule has 0 aliphatic heterocycles. The van der Waals surface area contributed by atoms with Crippen LogP contribution in [-0.4, -0.2) is 37.7 Å². The molecule has 6 nitrogen and oxygen atoms in total. The normalized spacial score (nSPS) is 11.5. The molecule has 2 N–H and O–H groups in total. The topological polar surface area (TPSA) is 84.0 Å². The highest BCUT2D eigenvalue weighted by Crippen LogP contribution is 2.09. The van der Waals surface area contributed by atoms with Crippen LogP contribution < -0.4 is 10.0 Å². The van der Waals surface area contributed by atoms with Gasteiger partial charge in [0.05, 0.1) is 6.26 Å². The zero-order valence-electron chi connectivity index (χ0n) is 9.70. The Morgan fingerprint density at radius 3 is 2.65 bits per heavy atom. The van der Waals surface area contributed by atoms with Crippen molar-refractivity contribution in [1.82, 2.24) is 14.7 Å². The van der Waals surface area contributed by atoms with Crippen molar-refractivity contribution in [3.8, 4) is 0 Å². The van der Waals surface area contributed by atoms with Crippen molar-refractivity contribution < 1.29 is 8.42 Å². The highest BCUT2D eigenvalue weighted by Gasteiger charge is 2.01. The van der Waals surface area contributed by atoms with Gasteiger partial charge in [0.25, 0.3) is 0 Å². The number of nitrogens with zero attached hydrogens (tertiary/aromatic N) is 2. The molecule has 0 aliphatic rings. The van der Waals surface area contributed by atoms with Gasteiger partial charge in [0.2, 0.25) is 15.3 Å². The van der Waals surface area contributed by atoms with Crippen LogP contribution in [0.5, 0.6) is 0 Å². The number of aryl methyl sites for hydroxylation is 1. The summed E-state index contributed by atoms with van der Waals surface area (Å²) in [4.78, 5) is 7.92. The monoisotopic (exact) mass is 278 g/mol. The van der Waals surface area contributed by atoms with E-state index in [0.717, 1.165) is 11.9 Å². The van der Waals surface area contributed by atoms with E-state index in [1.807, 2.05) is 6.92 Å². The molecule has 0 fully saturated rings. The number of hydrogen-bond donors (Lipinski definition) is 2. The van der Waals surface area contributed by atoms with Crippen molar-refractivity contribution in [2.24, 2.45) is 0 Å². The summed E-state index contributed by atoms with van der Waals surface area (Å²) in [5.41, 5.74) is 0.779. The Morgan fingerprint density at radius 2 is 2.06 bits per heavy atom. The van der Waals surface area contributed by atoms with E-state index < -0.39 is 10.0 Å². The van der Waals surface area contributed by atoms with Gasteiger partial charge in [0, 0.05) is 24.8 Å². The first-order valence-corrected chi connectivity index (χ1v) is 7.33. The summed E-state index contributed by atoms with van der Waals surface area (Å²) in [6.45, 7) is 2.82. The van der Waals surface area contributed by atoms with Gasteiger partial charge in [0.15, 0.2) is 0 Å². The van der Waals surface area contributed by atoms with E-state index in [0.29, 0.717) is 25.3 Å². The lowest BCUT2D eigenvalue weighted by Crippen LogP contribution is -2.24. The molecule has 96 valence electrons. The number of hydrogen-bond acceptors (Lipinski definition) is 5. The minimum Gasteiger partial charge on any atom is -0.370 e. The third-order valence-corrected chi connectivity index (χ3v) is 2.75. The van der Waals surface area contributed by atoms with Gasteiger partial charge >= 0.3 is 0 Å². The second kappa shape index (κ2) is 6.13. The van der Waals surface area contributed by atoms with Crippen LogP contribution in [0.4, 0.5) is 5.82 Å². The summed E-state index contributed by atoms with van der Waals surface area (Å²) in [5, 5.41) is 3.24. The Kier molecular flexibility index (Phi) is 5.10. The molecule has 0 aromatic carbocycles. The maximum atomic E-state index is 10.8. The minimum absolute atomic E-state index is 0.196. The van der Waals surface area contributed by atoms with E-state index in [2.05, 4.69) is 20.0 Å². The van der Waals surface area contributed by atoms with Crippen LogP contribution in [0.1, 0.15) is 12.1 Å². The SMILES string of the molecule is Cc1cc(NCCCNS(C)(=O)=O)nc(Cl)n1. The summed E-state index contributed by atoms with van der Waals surface area (Å²) >= 11 is 5.70. The van der Waals surface area contributed by atoms with Crippen LogP contribution in [0.2, 0.25) is 5.28 Å². The fourth-order valence-electron chi connectivity index (χ4n) is 1.19. The van der Waals surface area contributed by atoms with E-state index >= 15 is 0 Å². The maximum absolute atomic E-state index is 10.8. The summed E-state index contributed by atoms with van der Waals surface area (Å²) in [6, 6.07) is 1.77. The first-order chi connectivity index (χ1) is 7.87. The average molecular weight is 279 g/mol. The number of rotatable bonds is 6. The van der Waals surface area contributed by atoms with Crippen LogP contribution >= 0.6 is 11.6 Å². The van der Waals surface area contributed by atoms with Crippen LogP contribution in [0.15, 0.2) is 6.07 Å². The van der Waals surface area contributed by atoms with Crippen LogP contribution in [0.3, 0.4) is 0 Å². The van der Waals surface area contributed by atoms with Crippen LogP contribution in [0.25, 0.3) is 0 Å².